The fourth-order valence-electron chi connectivity index (χ4n) is 6.13. The first-order valence-electron chi connectivity index (χ1n) is 13.8. The van der Waals surface area contributed by atoms with E-state index in [0.717, 1.165) is 0 Å². The molecular weight excluding hydrogens is 436 g/mol. The molecule has 0 bridgehead atoms. The minimum atomic E-state index is -0.656. The summed E-state index contributed by atoms with van der Waals surface area (Å²) < 4.78 is 0. The van der Waals surface area contributed by atoms with Crippen molar-refractivity contribution in [2.45, 2.75) is 107 Å². The molecule has 0 fully saturated rings. The molecule has 0 aliphatic heterocycles. The minimum absolute atomic E-state index is 0.539. The van der Waals surface area contributed by atoms with Crippen molar-refractivity contribution in [3.05, 3.63) is 91.0 Å². The maximum absolute atomic E-state index is 2.54. The molecule has 0 spiro atoms. The molecule has 0 aromatic heterocycles. The van der Waals surface area contributed by atoms with Gasteiger partial charge in [0, 0.05) is 11.1 Å². The Hall–Kier alpha value is -1.86. The molecule has 0 atom stereocenters. The Morgan fingerprint density at radius 3 is 1.09 bits per heavy atom. The van der Waals surface area contributed by atoms with Gasteiger partial charge in [-0.05, 0) is 107 Å². The summed E-state index contributed by atoms with van der Waals surface area (Å²) in [5.41, 5.74) is 21.7. The highest BCUT2D eigenvalue weighted by Gasteiger charge is 2.37. The van der Waals surface area contributed by atoms with Gasteiger partial charge in [0.1, 0.15) is 0 Å². The number of rotatable bonds is 6. The Labute approximate surface area is 218 Å². The van der Waals surface area contributed by atoms with E-state index in [1.165, 1.54) is 33.4 Å². The van der Waals surface area contributed by atoms with Gasteiger partial charge in [-0.25, -0.2) is 0 Å². The van der Waals surface area contributed by atoms with Gasteiger partial charge >= 0.3 is 0 Å². The number of fused-ring (bicyclic) bond motifs is 2. The zero-order valence-corrected chi connectivity index (χ0v) is 25.7. The lowest BCUT2D eigenvalue weighted by molar-refractivity contribution is 0.829. The summed E-state index contributed by atoms with van der Waals surface area (Å²) in [6.07, 6.45) is 0. The molecule has 1 heteroatoms. The molecule has 0 nitrogen and oxygen atoms in total. The molecule has 0 saturated heterocycles. The van der Waals surface area contributed by atoms with Gasteiger partial charge in [0.2, 0.25) is 0 Å². The molecule has 186 valence electrons. The molecule has 2 aliphatic carbocycles. The van der Waals surface area contributed by atoms with Gasteiger partial charge in [0.15, 0.2) is 0 Å². The van der Waals surface area contributed by atoms with Gasteiger partial charge < -0.3 is 0 Å². The zero-order valence-electron chi connectivity index (χ0n) is 24.3. The smallest absolute Gasteiger partial charge is 0.0575 e. The lowest BCUT2D eigenvalue weighted by atomic mass is 9.87. The molecular formula is C34H46Si. The molecule has 2 aliphatic rings. The molecule has 0 saturated carbocycles. The Balaban J connectivity index is 1.87. The molecule has 0 unspecified atom stereocenters. The van der Waals surface area contributed by atoms with E-state index < -0.39 is 9.52 Å². The van der Waals surface area contributed by atoms with Crippen LogP contribution in [0.1, 0.15) is 151 Å². The van der Waals surface area contributed by atoms with Crippen LogP contribution >= 0.6 is 0 Å². The van der Waals surface area contributed by atoms with Crippen LogP contribution in [0.5, 0.6) is 0 Å². The lowest BCUT2D eigenvalue weighted by Crippen LogP contribution is -2.19. The second kappa shape index (κ2) is 9.54. The molecule has 0 N–H and O–H groups in total. The van der Waals surface area contributed by atoms with E-state index in [2.05, 4.69) is 107 Å². The van der Waals surface area contributed by atoms with Crippen LogP contribution in [0.2, 0.25) is 0 Å². The molecule has 4 rings (SSSR count). The Morgan fingerprint density at radius 2 is 0.800 bits per heavy atom. The first-order chi connectivity index (χ1) is 16.3. The second-order valence-corrected chi connectivity index (χ2v) is 14.1. The van der Waals surface area contributed by atoms with Crippen molar-refractivity contribution in [3.8, 4) is 0 Å². The van der Waals surface area contributed by atoms with Crippen LogP contribution in [-0.2, 0) is 0 Å². The largest absolute Gasteiger partial charge is 0.0617 e. The topological polar surface area (TPSA) is 0 Å². The predicted octanol–water partition coefficient (Wildman–Crippen LogP) is 9.42. The summed E-state index contributed by atoms with van der Waals surface area (Å²) in [5, 5.41) is 0. The van der Waals surface area contributed by atoms with Gasteiger partial charge in [-0.2, -0.15) is 0 Å². The van der Waals surface area contributed by atoms with Crippen molar-refractivity contribution in [2.24, 2.45) is 0 Å². The Bertz CT molecular complexity index is 1120. The van der Waals surface area contributed by atoms with Crippen LogP contribution in [0.15, 0.2) is 35.4 Å². The van der Waals surface area contributed by atoms with E-state index in [1.807, 2.05) is 0 Å². The lowest BCUT2D eigenvalue weighted by Gasteiger charge is -2.24. The van der Waals surface area contributed by atoms with Gasteiger partial charge in [-0.1, -0.05) is 90.8 Å². The van der Waals surface area contributed by atoms with Crippen LogP contribution in [0, 0.1) is 11.1 Å². The highest BCUT2D eigenvalue weighted by molar-refractivity contribution is 6.57. The Kier molecular flexibility index (Phi) is 7.15. The van der Waals surface area contributed by atoms with E-state index in [9.17, 15) is 0 Å². The first-order valence-corrected chi connectivity index (χ1v) is 15.2. The van der Waals surface area contributed by atoms with Gasteiger partial charge in [-0.3, -0.25) is 0 Å². The van der Waals surface area contributed by atoms with Crippen molar-refractivity contribution >= 4 is 20.7 Å². The van der Waals surface area contributed by atoms with Crippen LogP contribution < -0.4 is 0 Å². The average molecular weight is 483 g/mol. The third kappa shape index (κ3) is 4.33. The summed E-state index contributed by atoms with van der Waals surface area (Å²) in [6, 6.07) is 10.1. The fourth-order valence-corrected chi connectivity index (χ4v) is 8.48. The van der Waals surface area contributed by atoms with Crippen LogP contribution in [0.25, 0.3) is 11.1 Å². The van der Waals surface area contributed by atoms with Crippen LogP contribution in [0.4, 0.5) is 0 Å². The normalized spacial score (nSPS) is 16.7. The maximum Gasteiger partial charge on any atom is 0.0575 e. The number of hydrogen-bond acceptors (Lipinski definition) is 0. The summed E-state index contributed by atoms with van der Waals surface area (Å²) >= 11 is 0. The van der Waals surface area contributed by atoms with E-state index in [0.29, 0.717) is 23.7 Å². The van der Waals surface area contributed by atoms with E-state index in [-0.39, 0.29) is 0 Å². The third-order valence-electron chi connectivity index (χ3n) is 8.74. The standard InChI is InChI=1S/C34H46Si/c1-17(2)25-13-27(19(5)6)31-21(9)23(11)33(29(31)15-25)35-34-24(12)22(10)32-28(20(7)8)14-26(18(3)4)16-30(32)34/h13-20H,35H2,1-12H3. The quantitative estimate of drug-likeness (QED) is 0.360. The van der Waals surface area contributed by atoms with Crippen molar-refractivity contribution in [3.63, 3.8) is 0 Å². The average Bonchev–Trinajstić information content (AvgIpc) is 3.18. The van der Waals surface area contributed by atoms with Crippen LogP contribution in [0.3, 0.4) is 0 Å². The van der Waals surface area contributed by atoms with E-state index >= 15 is 0 Å². The van der Waals surface area contributed by atoms with E-state index in [4.69, 9.17) is 0 Å². The van der Waals surface area contributed by atoms with Gasteiger partial charge in [0.05, 0.1) is 9.52 Å². The summed E-state index contributed by atoms with van der Waals surface area (Å²) in [7, 11) is -0.656. The SMILES string of the molecule is CC1=C(C)c2c(cc(C(C)C)cc2C(C)C)[C]1[SiH2][C]1C(C)=C(C)c2c1cc(C(C)C)cc2C(C)C. The highest BCUT2D eigenvalue weighted by atomic mass is 28.2. The molecule has 35 heavy (non-hydrogen) atoms. The molecule has 2 radical (unpaired) electrons. The minimum Gasteiger partial charge on any atom is -0.0617 e. The first kappa shape index (κ1) is 26.2. The fraction of sp³-hybridized carbons (Fsp3) is 0.471. The summed E-state index contributed by atoms with van der Waals surface area (Å²) in [6.45, 7) is 28.3. The molecule has 2 aromatic rings. The van der Waals surface area contributed by atoms with Crippen molar-refractivity contribution in [1.82, 2.24) is 0 Å². The maximum atomic E-state index is 2.54. The monoisotopic (exact) mass is 482 g/mol. The predicted molar refractivity (Wildman–Crippen MR) is 159 cm³/mol. The van der Waals surface area contributed by atoms with Crippen LogP contribution in [-0.4, -0.2) is 9.52 Å². The molecule has 0 amide bonds. The van der Waals surface area contributed by atoms with Gasteiger partial charge in [0.25, 0.3) is 0 Å². The zero-order chi connectivity index (χ0) is 25.9. The summed E-state index contributed by atoms with van der Waals surface area (Å²) in [5.74, 6) is 2.18. The highest BCUT2D eigenvalue weighted by Crippen LogP contribution is 2.50. The third-order valence-corrected chi connectivity index (χ3v) is 11.3. The van der Waals surface area contributed by atoms with Gasteiger partial charge in [-0.15, -0.1) is 0 Å². The van der Waals surface area contributed by atoms with Crippen molar-refractivity contribution in [2.75, 3.05) is 0 Å². The summed E-state index contributed by atoms with van der Waals surface area (Å²) in [4.78, 5) is 0. The van der Waals surface area contributed by atoms with E-state index in [1.54, 1.807) is 44.5 Å². The molecule has 2 aromatic carbocycles. The number of benzene rings is 2. The number of hydrogen-bond donors (Lipinski definition) is 0. The number of allylic oxidation sites excluding steroid dienone is 4. The Morgan fingerprint density at radius 1 is 0.457 bits per heavy atom. The second-order valence-electron chi connectivity index (χ2n) is 12.3. The molecule has 0 heterocycles. The van der Waals surface area contributed by atoms with Crippen molar-refractivity contribution in [1.29, 1.82) is 0 Å². The van der Waals surface area contributed by atoms with Crippen molar-refractivity contribution < 1.29 is 0 Å².